The molecule has 2 aromatic rings. The largest absolute Gasteiger partial charge is 0.322 e. The fourth-order valence-corrected chi connectivity index (χ4v) is 4.00. The van der Waals surface area contributed by atoms with Gasteiger partial charge >= 0.3 is 0 Å². The fourth-order valence-electron chi connectivity index (χ4n) is 3.25. The standard InChI is InChI=1S/C17H20IN3O/c1-10-14(15(18)21(4)20-10)16(22)19-13-7-5-6-12-11(13)8-9-17(12,2)3/h5-7H,8-9H2,1-4H3,(H,19,22). The Morgan fingerprint density at radius 2 is 2.14 bits per heavy atom. The highest BCUT2D eigenvalue weighted by atomic mass is 127. The normalized spacial score (nSPS) is 15.7. The van der Waals surface area contributed by atoms with E-state index in [9.17, 15) is 4.79 Å². The van der Waals surface area contributed by atoms with Gasteiger partial charge in [-0.1, -0.05) is 26.0 Å². The maximum atomic E-state index is 12.7. The summed E-state index contributed by atoms with van der Waals surface area (Å²) in [4.78, 5) is 12.7. The third-order valence-electron chi connectivity index (χ3n) is 4.53. The van der Waals surface area contributed by atoms with Crippen LogP contribution in [0.15, 0.2) is 18.2 Å². The van der Waals surface area contributed by atoms with Crippen LogP contribution in [0.1, 0.15) is 47.4 Å². The van der Waals surface area contributed by atoms with Gasteiger partial charge in [-0.05, 0) is 65.0 Å². The van der Waals surface area contributed by atoms with Gasteiger partial charge in [0.1, 0.15) is 3.70 Å². The van der Waals surface area contributed by atoms with E-state index in [1.54, 1.807) is 4.68 Å². The number of fused-ring (bicyclic) bond motifs is 1. The molecular formula is C17H20IN3O. The Kier molecular flexibility index (Phi) is 3.79. The van der Waals surface area contributed by atoms with Gasteiger partial charge in [0.05, 0.1) is 11.3 Å². The second-order valence-corrected chi connectivity index (χ2v) is 7.57. The minimum Gasteiger partial charge on any atom is -0.322 e. The van der Waals surface area contributed by atoms with Crippen molar-refractivity contribution in [3.63, 3.8) is 0 Å². The maximum Gasteiger partial charge on any atom is 0.260 e. The molecule has 1 aliphatic carbocycles. The molecule has 1 aromatic carbocycles. The van der Waals surface area contributed by atoms with Gasteiger partial charge in [-0.2, -0.15) is 5.10 Å². The lowest BCUT2D eigenvalue weighted by atomic mass is 9.86. The molecule has 1 heterocycles. The Labute approximate surface area is 144 Å². The SMILES string of the molecule is Cc1nn(C)c(I)c1C(=O)Nc1cccc2c1CCC2(C)C. The van der Waals surface area contributed by atoms with Gasteiger partial charge in [-0.3, -0.25) is 9.48 Å². The van der Waals surface area contributed by atoms with Gasteiger partial charge < -0.3 is 5.32 Å². The van der Waals surface area contributed by atoms with Gasteiger partial charge in [0.15, 0.2) is 0 Å². The molecule has 1 amide bonds. The molecule has 0 atom stereocenters. The summed E-state index contributed by atoms with van der Waals surface area (Å²) in [5.41, 5.74) is 5.18. The molecule has 0 fully saturated rings. The summed E-state index contributed by atoms with van der Waals surface area (Å²) >= 11 is 2.17. The molecule has 5 heteroatoms. The number of carbonyl (C=O) groups excluding carboxylic acids is 1. The van der Waals surface area contributed by atoms with Crippen molar-refractivity contribution < 1.29 is 4.79 Å². The minimum absolute atomic E-state index is 0.0758. The Hall–Kier alpha value is -1.37. The average Bonchev–Trinajstić information content (AvgIpc) is 2.88. The summed E-state index contributed by atoms with van der Waals surface area (Å²) in [5, 5.41) is 7.41. The van der Waals surface area contributed by atoms with E-state index in [2.05, 4.69) is 52.9 Å². The lowest BCUT2D eigenvalue weighted by Gasteiger charge is -2.19. The van der Waals surface area contributed by atoms with Gasteiger partial charge in [0.25, 0.3) is 5.91 Å². The molecule has 1 aliphatic rings. The molecule has 1 aromatic heterocycles. The zero-order valence-corrected chi connectivity index (χ0v) is 15.5. The number of nitrogens with one attached hydrogen (secondary N) is 1. The van der Waals surface area contributed by atoms with Crippen LogP contribution in [0.5, 0.6) is 0 Å². The van der Waals surface area contributed by atoms with Crippen LogP contribution in [-0.4, -0.2) is 15.7 Å². The molecule has 0 bridgehead atoms. The van der Waals surface area contributed by atoms with E-state index < -0.39 is 0 Å². The number of carbonyl (C=O) groups is 1. The van der Waals surface area contributed by atoms with Crippen molar-refractivity contribution in [2.45, 2.75) is 39.0 Å². The molecule has 22 heavy (non-hydrogen) atoms. The molecule has 0 radical (unpaired) electrons. The van der Waals surface area contributed by atoms with Crippen LogP contribution in [0.2, 0.25) is 0 Å². The zero-order chi connectivity index (χ0) is 16.1. The fraction of sp³-hybridized carbons (Fsp3) is 0.412. The number of hydrogen-bond donors (Lipinski definition) is 1. The van der Waals surface area contributed by atoms with Gasteiger partial charge in [0.2, 0.25) is 0 Å². The molecule has 116 valence electrons. The molecule has 0 saturated heterocycles. The molecule has 3 rings (SSSR count). The first-order valence-corrected chi connectivity index (χ1v) is 8.52. The lowest BCUT2D eigenvalue weighted by Crippen LogP contribution is -2.16. The number of nitrogens with zero attached hydrogens (tertiary/aromatic N) is 2. The third-order valence-corrected chi connectivity index (χ3v) is 5.77. The highest BCUT2D eigenvalue weighted by Crippen LogP contribution is 2.41. The first-order chi connectivity index (χ1) is 10.3. The number of anilines is 1. The van der Waals surface area contributed by atoms with Crippen molar-refractivity contribution in [3.05, 3.63) is 44.3 Å². The van der Waals surface area contributed by atoms with Crippen LogP contribution < -0.4 is 5.32 Å². The summed E-state index contributed by atoms with van der Waals surface area (Å²) in [7, 11) is 1.86. The van der Waals surface area contributed by atoms with Crippen molar-refractivity contribution in [3.8, 4) is 0 Å². The van der Waals surface area contributed by atoms with Crippen LogP contribution in [0.4, 0.5) is 5.69 Å². The highest BCUT2D eigenvalue weighted by molar-refractivity contribution is 14.1. The predicted octanol–water partition coefficient (Wildman–Crippen LogP) is 3.81. The summed E-state index contributed by atoms with van der Waals surface area (Å²) in [6.45, 7) is 6.40. The van der Waals surface area contributed by atoms with Crippen molar-refractivity contribution in [1.29, 1.82) is 0 Å². The Morgan fingerprint density at radius 1 is 1.41 bits per heavy atom. The van der Waals surface area contributed by atoms with E-state index in [-0.39, 0.29) is 11.3 Å². The zero-order valence-electron chi connectivity index (χ0n) is 13.3. The quantitative estimate of drug-likeness (QED) is 0.767. The molecular weight excluding hydrogens is 389 g/mol. The van der Waals surface area contributed by atoms with Gasteiger partial charge in [-0.25, -0.2) is 0 Å². The van der Waals surface area contributed by atoms with Crippen LogP contribution in [-0.2, 0) is 18.9 Å². The lowest BCUT2D eigenvalue weighted by molar-refractivity contribution is 0.102. The third kappa shape index (κ3) is 2.45. The monoisotopic (exact) mass is 409 g/mol. The summed E-state index contributed by atoms with van der Waals surface area (Å²) in [6, 6.07) is 6.20. The number of aryl methyl sites for hydroxylation is 2. The number of halogens is 1. The molecule has 1 N–H and O–H groups in total. The van der Waals surface area contributed by atoms with Crippen molar-refractivity contribution in [2.24, 2.45) is 7.05 Å². The second-order valence-electron chi connectivity index (χ2n) is 6.54. The molecule has 0 spiro atoms. The summed E-state index contributed by atoms with van der Waals surface area (Å²) < 4.78 is 2.60. The van der Waals surface area contributed by atoms with Crippen LogP contribution in [0.3, 0.4) is 0 Å². The predicted molar refractivity (Wildman–Crippen MR) is 96.4 cm³/mol. The number of amides is 1. The topological polar surface area (TPSA) is 46.9 Å². The van der Waals surface area contributed by atoms with E-state index >= 15 is 0 Å². The van der Waals surface area contributed by atoms with Gasteiger partial charge in [0, 0.05) is 12.7 Å². The first-order valence-electron chi connectivity index (χ1n) is 7.44. The molecule has 0 saturated carbocycles. The van der Waals surface area contributed by atoms with E-state index in [0.717, 1.165) is 27.9 Å². The molecule has 0 unspecified atom stereocenters. The minimum atomic E-state index is -0.0758. The first kappa shape index (κ1) is 15.5. The van der Waals surface area contributed by atoms with E-state index in [1.807, 2.05) is 26.1 Å². The Balaban J connectivity index is 1.95. The Bertz CT molecular complexity index is 762. The number of hydrogen-bond acceptors (Lipinski definition) is 2. The van der Waals surface area contributed by atoms with Crippen LogP contribution in [0.25, 0.3) is 0 Å². The average molecular weight is 409 g/mol. The van der Waals surface area contributed by atoms with E-state index in [0.29, 0.717) is 5.56 Å². The Morgan fingerprint density at radius 3 is 2.77 bits per heavy atom. The maximum absolute atomic E-state index is 12.7. The number of benzene rings is 1. The highest BCUT2D eigenvalue weighted by Gasteiger charge is 2.31. The van der Waals surface area contributed by atoms with Crippen molar-refractivity contribution in [2.75, 3.05) is 5.32 Å². The second kappa shape index (κ2) is 5.37. The number of rotatable bonds is 2. The number of aromatic nitrogens is 2. The van der Waals surface area contributed by atoms with E-state index in [1.165, 1.54) is 11.1 Å². The summed E-state index contributed by atoms with van der Waals surface area (Å²) in [5.74, 6) is -0.0758. The molecule has 4 nitrogen and oxygen atoms in total. The summed E-state index contributed by atoms with van der Waals surface area (Å²) in [6.07, 6.45) is 2.14. The van der Waals surface area contributed by atoms with Gasteiger partial charge in [-0.15, -0.1) is 0 Å². The van der Waals surface area contributed by atoms with Crippen molar-refractivity contribution in [1.82, 2.24) is 9.78 Å². The van der Waals surface area contributed by atoms with Crippen LogP contribution >= 0.6 is 22.6 Å². The smallest absolute Gasteiger partial charge is 0.260 e. The van der Waals surface area contributed by atoms with Crippen molar-refractivity contribution >= 4 is 34.2 Å². The van der Waals surface area contributed by atoms with Crippen LogP contribution in [0, 0.1) is 10.6 Å². The molecule has 0 aliphatic heterocycles. The van der Waals surface area contributed by atoms with E-state index in [4.69, 9.17) is 0 Å².